The van der Waals surface area contributed by atoms with Gasteiger partial charge in [-0.1, -0.05) is 46.3 Å². The number of ether oxygens (including phenoxy) is 1. The monoisotopic (exact) mass is 346 g/mol. The predicted octanol–water partition coefficient (Wildman–Crippen LogP) is 4.31. The van der Waals surface area contributed by atoms with Gasteiger partial charge in [0.15, 0.2) is 0 Å². The number of fused-ring (bicyclic) bond motifs is 1. The first kappa shape index (κ1) is 14.0. The number of halogens is 2. The first-order valence-electron chi connectivity index (χ1n) is 6.51. The number of hydrogen-bond acceptors (Lipinski definition) is 2. The van der Waals surface area contributed by atoms with Crippen molar-refractivity contribution in [2.24, 2.45) is 0 Å². The Kier molecular flexibility index (Phi) is 3.88. The van der Waals surface area contributed by atoms with Crippen molar-refractivity contribution in [2.75, 3.05) is 5.33 Å². The molecule has 1 aliphatic heterocycles. The van der Waals surface area contributed by atoms with E-state index in [-0.39, 0.29) is 5.82 Å². The van der Waals surface area contributed by atoms with Crippen LogP contribution in [0.2, 0.25) is 0 Å². The molecule has 0 saturated carbocycles. The molecule has 21 heavy (non-hydrogen) atoms. The molecule has 0 spiro atoms. The summed E-state index contributed by atoms with van der Waals surface area (Å²) < 4.78 is 19.0. The summed E-state index contributed by atoms with van der Waals surface area (Å²) in [5.41, 5.74) is 2.40. The summed E-state index contributed by atoms with van der Waals surface area (Å²) in [6.45, 7) is 0. The summed E-state index contributed by atoms with van der Waals surface area (Å²) in [5, 5.41) is 0.485. The second-order valence-electron chi connectivity index (χ2n) is 4.73. The highest BCUT2D eigenvalue weighted by Gasteiger charge is 2.29. The molecule has 2 aromatic rings. The second-order valence-corrected chi connectivity index (χ2v) is 5.29. The molecule has 0 saturated heterocycles. The van der Waals surface area contributed by atoms with Crippen LogP contribution in [0.25, 0.3) is 5.57 Å². The van der Waals surface area contributed by atoms with E-state index in [4.69, 9.17) is 4.74 Å². The third-order valence-electron chi connectivity index (χ3n) is 3.51. The van der Waals surface area contributed by atoms with Gasteiger partial charge in [0, 0.05) is 11.1 Å². The number of hydrogen-bond donors (Lipinski definition) is 0. The van der Waals surface area contributed by atoms with Crippen molar-refractivity contribution in [3.8, 4) is 5.75 Å². The van der Waals surface area contributed by atoms with Crippen LogP contribution < -0.4 is 4.74 Å². The van der Waals surface area contributed by atoms with E-state index >= 15 is 0 Å². The Balaban J connectivity index is 2.17. The van der Waals surface area contributed by atoms with Crippen LogP contribution in [-0.4, -0.2) is 11.6 Å². The number of rotatable bonds is 3. The SMILES string of the molecule is O=CC1C(c2ccc(F)cc2)=C(CBr)Oc2ccccc21. The lowest BCUT2D eigenvalue weighted by Crippen LogP contribution is -2.17. The van der Waals surface area contributed by atoms with Crippen LogP contribution in [0.1, 0.15) is 17.0 Å². The number of allylic oxidation sites excluding steroid dienone is 2. The number of carbonyl (C=O) groups excluding carboxylic acids is 1. The molecule has 1 atom stereocenters. The molecule has 106 valence electrons. The van der Waals surface area contributed by atoms with Crippen molar-refractivity contribution in [3.05, 3.63) is 71.2 Å². The van der Waals surface area contributed by atoms with Crippen LogP contribution in [0.15, 0.2) is 54.3 Å². The zero-order valence-electron chi connectivity index (χ0n) is 11.1. The summed E-state index contributed by atoms with van der Waals surface area (Å²) in [5.74, 6) is 0.653. The van der Waals surface area contributed by atoms with E-state index < -0.39 is 5.92 Å². The Morgan fingerprint density at radius 1 is 1.14 bits per heavy atom. The molecule has 4 heteroatoms. The Labute approximate surface area is 130 Å². The lowest BCUT2D eigenvalue weighted by Gasteiger charge is -2.27. The molecular formula is C17H12BrFO2. The first-order valence-corrected chi connectivity index (χ1v) is 7.63. The molecule has 2 nitrogen and oxygen atoms in total. The van der Waals surface area contributed by atoms with Crippen LogP contribution in [0, 0.1) is 5.82 Å². The minimum absolute atomic E-state index is 0.306. The number of para-hydroxylation sites is 1. The van der Waals surface area contributed by atoms with Gasteiger partial charge in [-0.05, 0) is 23.8 Å². The van der Waals surface area contributed by atoms with Gasteiger partial charge in [0.25, 0.3) is 0 Å². The molecule has 0 amide bonds. The maximum absolute atomic E-state index is 13.1. The predicted molar refractivity (Wildman–Crippen MR) is 83.0 cm³/mol. The van der Waals surface area contributed by atoms with Crippen molar-refractivity contribution in [1.82, 2.24) is 0 Å². The van der Waals surface area contributed by atoms with E-state index in [0.29, 0.717) is 16.8 Å². The second kappa shape index (κ2) is 5.82. The van der Waals surface area contributed by atoms with Gasteiger partial charge in [-0.15, -0.1) is 0 Å². The smallest absolute Gasteiger partial charge is 0.132 e. The van der Waals surface area contributed by atoms with Crippen LogP contribution in [0.3, 0.4) is 0 Å². The summed E-state index contributed by atoms with van der Waals surface area (Å²) in [6, 6.07) is 13.6. The maximum Gasteiger partial charge on any atom is 0.132 e. The van der Waals surface area contributed by atoms with Crippen LogP contribution in [0.5, 0.6) is 5.75 Å². The lowest BCUT2D eigenvalue weighted by molar-refractivity contribution is -0.108. The molecular weight excluding hydrogens is 335 g/mol. The number of carbonyl (C=O) groups is 1. The maximum atomic E-state index is 13.1. The lowest BCUT2D eigenvalue weighted by atomic mass is 9.85. The zero-order valence-corrected chi connectivity index (χ0v) is 12.6. The molecule has 0 fully saturated rings. The average Bonchev–Trinajstić information content (AvgIpc) is 2.53. The molecule has 0 N–H and O–H groups in total. The molecule has 0 bridgehead atoms. The summed E-state index contributed by atoms with van der Waals surface area (Å²) in [6.07, 6.45) is 0.905. The zero-order chi connectivity index (χ0) is 14.8. The van der Waals surface area contributed by atoms with Crippen molar-refractivity contribution in [3.63, 3.8) is 0 Å². The fourth-order valence-electron chi connectivity index (χ4n) is 2.56. The van der Waals surface area contributed by atoms with E-state index in [2.05, 4.69) is 15.9 Å². The normalized spacial score (nSPS) is 17.1. The average molecular weight is 347 g/mol. The van der Waals surface area contributed by atoms with E-state index in [1.165, 1.54) is 12.1 Å². The fourth-order valence-corrected chi connectivity index (χ4v) is 2.97. The van der Waals surface area contributed by atoms with Gasteiger partial charge in [-0.2, -0.15) is 0 Å². The fraction of sp³-hybridized carbons (Fsp3) is 0.118. The minimum atomic E-state index is -0.409. The van der Waals surface area contributed by atoms with Crippen molar-refractivity contribution >= 4 is 27.8 Å². The minimum Gasteiger partial charge on any atom is -0.460 e. The van der Waals surface area contributed by atoms with E-state index in [0.717, 1.165) is 23.0 Å². The number of alkyl halides is 1. The van der Waals surface area contributed by atoms with Gasteiger partial charge in [-0.3, -0.25) is 0 Å². The van der Waals surface area contributed by atoms with Gasteiger partial charge < -0.3 is 9.53 Å². The highest BCUT2D eigenvalue weighted by atomic mass is 79.9. The topological polar surface area (TPSA) is 26.3 Å². The summed E-state index contributed by atoms with van der Waals surface area (Å²) in [7, 11) is 0. The molecule has 0 aromatic heterocycles. The Hall–Kier alpha value is -1.94. The summed E-state index contributed by atoms with van der Waals surface area (Å²) >= 11 is 3.40. The van der Waals surface area contributed by atoms with Crippen molar-refractivity contribution < 1.29 is 13.9 Å². The number of benzene rings is 2. The van der Waals surface area contributed by atoms with Gasteiger partial charge in [-0.25, -0.2) is 4.39 Å². The highest BCUT2D eigenvalue weighted by molar-refractivity contribution is 9.09. The number of aldehydes is 1. The third kappa shape index (κ3) is 2.51. The quantitative estimate of drug-likeness (QED) is 0.611. The largest absolute Gasteiger partial charge is 0.460 e. The molecule has 1 heterocycles. The molecule has 2 aromatic carbocycles. The van der Waals surface area contributed by atoms with Gasteiger partial charge in [0.2, 0.25) is 0 Å². The van der Waals surface area contributed by atoms with Gasteiger partial charge in [0.05, 0.1) is 11.2 Å². The molecule has 1 aliphatic rings. The standard InChI is InChI=1S/C17H12BrFO2/c18-9-16-17(11-5-7-12(19)8-6-11)14(10-20)13-3-1-2-4-15(13)21-16/h1-8,10,14H,9H2. The molecule has 1 unspecified atom stereocenters. The Bertz CT molecular complexity index is 707. The van der Waals surface area contributed by atoms with E-state index in [9.17, 15) is 9.18 Å². The van der Waals surface area contributed by atoms with Crippen LogP contribution in [-0.2, 0) is 4.79 Å². The van der Waals surface area contributed by atoms with Crippen molar-refractivity contribution in [2.45, 2.75) is 5.92 Å². The Morgan fingerprint density at radius 2 is 1.86 bits per heavy atom. The molecule has 0 radical (unpaired) electrons. The third-order valence-corrected chi connectivity index (χ3v) is 4.02. The van der Waals surface area contributed by atoms with E-state index in [1.54, 1.807) is 12.1 Å². The van der Waals surface area contributed by atoms with Crippen molar-refractivity contribution in [1.29, 1.82) is 0 Å². The summed E-state index contributed by atoms with van der Waals surface area (Å²) in [4.78, 5) is 11.7. The van der Waals surface area contributed by atoms with Crippen LogP contribution >= 0.6 is 15.9 Å². The highest BCUT2D eigenvalue weighted by Crippen LogP contribution is 2.43. The van der Waals surface area contributed by atoms with E-state index in [1.807, 2.05) is 24.3 Å². The first-order chi connectivity index (χ1) is 10.2. The molecule has 0 aliphatic carbocycles. The van der Waals surface area contributed by atoms with Gasteiger partial charge >= 0.3 is 0 Å². The Morgan fingerprint density at radius 3 is 2.52 bits per heavy atom. The van der Waals surface area contributed by atoms with Crippen LogP contribution in [0.4, 0.5) is 4.39 Å². The molecule has 3 rings (SSSR count). The van der Waals surface area contributed by atoms with Gasteiger partial charge in [0.1, 0.15) is 23.6 Å².